The highest BCUT2D eigenvalue weighted by Gasteiger charge is 2.18. The fourth-order valence-electron chi connectivity index (χ4n) is 1.52. The van der Waals surface area contributed by atoms with Crippen LogP contribution >= 0.6 is 7.82 Å². The summed E-state index contributed by atoms with van der Waals surface area (Å²) >= 11 is 0. The van der Waals surface area contributed by atoms with Crippen molar-refractivity contribution >= 4 is 19.5 Å². The minimum atomic E-state index is -4.69. The number of rotatable bonds is 7. The Morgan fingerprint density at radius 2 is 2.18 bits per heavy atom. The van der Waals surface area contributed by atoms with Gasteiger partial charge in [-0.2, -0.15) is 0 Å². The topological polar surface area (TPSA) is 150 Å². The molecule has 0 unspecified atom stereocenters. The number of phosphoric ester groups is 1. The number of pyridine rings is 1. The molecule has 4 N–H and O–H groups in total. The minimum absolute atomic E-state index is 0.168. The summed E-state index contributed by atoms with van der Waals surface area (Å²) in [5.74, 6) is -1.53. The Balaban J connectivity index is 3.15. The minimum Gasteiger partial charge on any atom is -0.506 e. The zero-order valence-corrected chi connectivity index (χ0v) is 12.5. The highest BCUT2D eigenvalue weighted by molar-refractivity contribution is 7.46. The number of carboxylic acid groups (broad SMARTS) is 1. The first-order chi connectivity index (χ1) is 10.2. The highest BCUT2D eigenvalue weighted by Crippen LogP contribution is 2.38. The van der Waals surface area contributed by atoms with Gasteiger partial charge in [0, 0.05) is 17.3 Å². The standard InChI is InChI=1S/C12H15N2O7P/c1-3-10(12(16)17)14-5-9-8(6-21-22(18,19)20)4-13-7(2)11(9)15/h3-4,15H,1,5-6H2,2H3,(H,16,17)(H2,18,19,20). The van der Waals surface area contributed by atoms with Gasteiger partial charge in [0.2, 0.25) is 0 Å². The van der Waals surface area contributed by atoms with Crippen LogP contribution < -0.4 is 0 Å². The summed E-state index contributed by atoms with van der Waals surface area (Å²) in [5.41, 5.74) is 0.307. The van der Waals surface area contributed by atoms with Crippen molar-refractivity contribution in [2.24, 2.45) is 4.99 Å². The van der Waals surface area contributed by atoms with E-state index in [1.54, 1.807) is 0 Å². The summed E-state index contributed by atoms with van der Waals surface area (Å²) < 4.78 is 15.1. The highest BCUT2D eigenvalue weighted by atomic mass is 31.2. The maximum absolute atomic E-state index is 10.8. The molecular weight excluding hydrogens is 315 g/mol. The predicted octanol–water partition coefficient (Wildman–Crippen LogP) is 0.917. The van der Waals surface area contributed by atoms with E-state index in [-0.39, 0.29) is 34.8 Å². The molecule has 10 heteroatoms. The van der Waals surface area contributed by atoms with Crippen LogP contribution in [0, 0.1) is 6.92 Å². The van der Waals surface area contributed by atoms with E-state index < -0.39 is 20.4 Å². The molecule has 1 aromatic rings. The maximum atomic E-state index is 10.8. The summed E-state index contributed by atoms with van der Waals surface area (Å²) in [4.78, 5) is 35.9. The van der Waals surface area contributed by atoms with Crippen LogP contribution in [-0.4, -0.2) is 36.7 Å². The second-order valence-corrected chi connectivity index (χ2v) is 5.41. The molecule has 0 spiro atoms. The van der Waals surface area contributed by atoms with Gasteiger partial charge in [0.1, 0.15) is 11.5 Å². The van der Waals surface area contributed by atoms with Crippen molar-refractivity contribution in [2.75, 3.05) is 0 Å². The van der Waals surface area contributed by atoms with Crippen LogP contribution in [0.5, 0.6) is 5.75 Å². The summed E-state index contributed by atoms with van der Waals surface area (Å²) in [6.07, 6.45) is 2.31. The van der Waals surface area contributed by atoms with E-state index in [1.165, 1.54) is 13.1 Å². The van der Waals surface area contributed by atoms with Crippen LogP contribution in [0.3, 0.4) is 0 Å². The van der Waals surface area contributed by atoms with E-state index >= 15 is 0 Å². The fourth-order valence-corrected chi connectivity index (χ4v) is 1.83. The Kier molecular flexibility index (Phi) is 5.95. The maximum Gasteiger partial charge on any atom is 0.469 e. The molecule has 0 fully saturated rings. The summed E-state index contributed by atoms with van der Waals surface area (Å²) in [6, 6.07) is 0. The number of nitrogens with zero attached hydrogens (tertiary/aromatic N) is 2. The molecule has 22 heavy (non-hydrogen) atoms. The first-order valence-electron chi connectivity index (χ1n) is 5.92. The van der Waals surface area contributed by atoms with Gasteiger partial charge >= 0.3 is 13.8 Å². The Morgan fingerprint density at radius 3 is 2.68 bits per heavy atom. The molecule has 0 saturated carbocycles. The zero-order valence-electron chi connectivity index (χ0n) is 11.6. The van der Waals surface area contributed by atoms with Gasteiger partial charge < -0.3 is 20.0 Å². The number of aromatic nitrogens is 1. The fraction of sp³-hybridized carbons (Fsp3) is 0.250. The molecule has 1 heterocycles. The van der Waals surface area contributed by atoms with Crippen molar-refractivity contribution in [3.63, 3.8) is 0 Å². The Bertz CT molecular complexity index is 666. The summed E-state index contributed by atoms with van der Waals surface area (Å²) in [5, 5.41) is 18.8. The van der Waals surface area contributed by atoms with Crippen molar-refractivity contribution < 1.29 is 33.9 Å². The molecule has 0 radical (unpaired) electrons. The Morgan fingerprint density at radius 1 is 1.55 bits per heavy atom. The quantitative estimate of drug-likeness (QED) is 0.426. The molecule has 0 saturated heterocycles. The summed E-state index contributed by atoms with van der Waals surface area (Å²) in [6.45, 7) is 4.09. The van der Waals surface area contributed by atoms with Gasteiger partial charge in [-0.25, -0.2) is 9.36 Å². The van der Waals surface area contributed by atoms with E-state index in [0.717, 1.165) is 6.08 Å². The molecule has 0 aromatic carbocycles. The van der Waals surface area contributed by atoms with Gasteiger partial charge in [-0.1, -0.05) is 6.58 Å². The third-order valence-electron chi connectivity index (χ3n) is 2.64. The Hall–Kier alpha value is -2.06. The molecule has 0 aliphatic heterocycles. The number of phosphoric acid groups is 1. The largest absolute Gasteiger partial charge is 0.506 e. The van der Waals surface area contributed by atoms with Crippen molar-refractivity contribution in [1.82, 2.24) is 4.98 Å². The van der Waals surface area contributed by atoms with Crippen molar-refractivity contribution in [3.8, 4) is 5.75 Å². The monoisotopic (exact) mass is 330 g/mol. The van der Waals surface area contributed by atoms with E-state index in [9.17, 15) is 14.5 Å². The number of hydrogen-bond donors (Lipinski definition) is 4. The zero-order chi connectivity index (χ0) is 16.9. The number of hydrogen-bond acceptors (Lipinski definition) is 6. The molecule has 0 amide bonds. The van der Waals surface area contributed by atoms with Crippen LogP contribution in [-0.2, 0) is 27.0 Å². The molecule has 0 atom stereocenters. The average molecular weight is 330 g/mol. The Labute approximate surface area is 125 Å². The van der Waals surface area contributed by atoms with E-state index in [1.807, 2.05) is 0 Å². The van der Waals surface area contributed by atoms with Crippen LogP contribution in [0.25, 0.3) is 0 Å². The molecule has 0 aliphatic rings. The van der Waals surface area contributed by atoms with Gasteiger partial charge in [0.25, 0.3) is 0 Å². The number of aliphatic carboxylic acids is 1. The second-order valence-electron chi connectivity index (χ2n) is 4.17. The lowest BCUT2D eigenvalue weighted by Crippen LogP contribution is -2.10. The first kappa shape index (κ1) is 18.0. The first-order valence-corrected chi connectivity index (χ1v) is 7.45. The smallest absolute Gasteiger partial charge is 0.469 e. The number of carbonyl (C=O) groups is 1. The SMILES string of the molecule is C=CC(=NCc1c(COP(=O)(O)O)cnc(C)c1O)C(=O)O. The second kappa shape index (κ2) is 7.28. The third kappa shape index (κ3) is 5.05. The average Bonchev–Trinajstić information content (AvgIpc) is 2.41. The molecule has 0 aliphatic carbocycles. The predicted molar refractivity (Wildman–Crippen MR) is 76.4 cm³/mol. The van der Waals surface area contributed by atoms with Crippen molar-refractivity contribution in [2.45, 2.75) is 20.1 Å². The van der Waals surface area contributed by atoms with E-state index in [2.05, 4.69) is 21.1 Å². The van der Waals surface area contributed by atoms with Crippen LogP contribution in [0.2, 0.25) is 0 Å². The van der Waals surface area contributed by atoms with Crippen molar-refractivity contribution in [3.05, 3.63) is 35.7 Å². The molecule has 9 nitrogen and oxygen atoms in total. The third-order valence-corrected chi connectivity index (χ3v) is 3.10. The van der Waals surface area contributed by atoms with E-state index in [4.69, 9.17) is 14.9 Å². The van der Waals surface area contributed by atoms with Crippen LogP contribution in [0.15, 0.2) is 23.8 Å². The van der Waals surface area contributed by atoms with Gasteiger partial charge in [-0.15, -0.1) is 0 Å². The van der Waals surface area contributed by atoms with Gasteiger partial charge in [0.05, 0.1) is 18.8 Å². The molecular formula is C12H15N2O7P. The normalized spacial score (nSPS) is 12.2. The van der Waals surface area contributed by atoms with Gasteiger partial charge in [-0.05, 0) is 13.0 Å². The van der Waals surface area contributed by atoms with Crippen LogP contribution in [0.4, 0.5) is 0 Å². The molecule has 1 rings (SSSR count). The number of aliphatic imine (C=N–C) groups is 1. The molecule has 120 valence electrons. The number of aryl methyl sites for hydroxylation is 1. The van der Waals surface area contributed by atoms with Gasteiger partial charge in [0.15, 0.2) is 0 Å². The number of carboxylic acids is 1. The molecule has 0 bridgehead atoms. The lowest BCUT2D eigenvalue weighted by atomic mass is 10.1. The van der Waals surface area contributed by atoms with Gasteiger partial charge in [-0.3, -0.25) is 14.5 Å². The summed E-state index contributed by atoms with van der Waals surface area (Å²) in [7, 11) is -4.69. The van der Waals surface area contributed by atoms with Crippen LogP contribution in [0.1, 0.15) is 16.8 Å². The lowest BCUT2D eigenvalue weighted by molar-refractivity contribution is -0.129. The van der Waals surface area contributed by atoms with Crippen molar-refractivity contribution in [1.29, 1.82) is 0 Å². The molecule has 1 aromatic heterocycles. The lowest BCUT2D eigenvalue weighted by Gasteiger charge is -2.12. The van der Waals surface area contributed by atoms with E-state index in [0.29, 0.717) is 0 Å². The number of aromatic hydroxyl groups is 1.